The molecule has 1 rings (SSSR count). The Morgan fingerprint density at radius 3 is 2.53 bits per heavy atom. The van der Waals surface area contributed by atoms with Crippen molar-refractivity contribution in [3.05, 3.63) is 35.1 Å². The van der Waals surface area contributed by atoms with Crippen molar-refractivity contribution < 1.29 is 9.13 Å². The number of hydrogen-bond acceptors (Lipinski definition) is 2. The molecule has 2 N–H and O–H groups in total. The van der Waals surface area contributed by atoms with Crippen LogP contribution in [-0.2, 0) is 17.9 Å². The standard InChI is InChI=1S/C16H26FNO/c1-2-3-4-5-6-7-10-19-13-15-11-16(17)9-8-14(15)12-18/h8-9,11H,2-7,10,12-13,18H2,1H3. The third-order valence-corrected chi connectivity index (χ3v) is 3.29. The van der Waals surface area contributed by atoms with Crippen molar-refractivity contribution in [3.8, 4) is 0 Å². The number of ether oxygens (including phenoxy) is 1. The van der Waals surface area contributed by atoms with E-state index in [1.807, 2.05) is 0 Å². The first kappa shape index (κ1) is 16.1. The van der Waals surface area contributed by atoms with E-state index >= 15 is 0 Å². The van der Waals surface area contributed by atoms with E-state index < -0.39 is 0 Å². The Balaban J connectivity index is 2.17. The summed E-state index contributed by atoms with van der Waals surface area (Å²) in [4.78, 5) is 0. The predicted octanol–water partition coefficient (Wildman–Crippen LogP) is 4.16. The summed E-state index contributed by atoms with van der Waals surface area (Å²) in [5, 5.41) is 0. The highest BCUT2D eigenvalue weighted by Crippen LogP contribution is 2.13. The van der Waals surface area contributed by atoms with Crippen molar-refractivity contribution in [1.82, 2.24) is 0 Å². The van der Waals surface area contributed by atoms with Crippen LogP contribution in [-0.4, -0.2) is 6.61 Å². The van der Waals surface area contributed by atoms with Gasteiger partial charge in [0.15, 0.2) is 0 Å². The summed E-state index contributed by atoms with van der Waals surface area (Å²) < 4.78 is 18.7. The van der Waals surface area contributed by atoms with Crippen LogP contribution < -0.4 is 5.73 Å². The summed E-state index contributed by atoms with van der Waals surface area (Å²) in [5.74, 6) is -0.227. The fraction of sp³-hybridized carbons (Fsp3) is 0.625. The van der Waals surface area contributed by atoms with Crippen molar-refractivity contribution in [2.24, 2.45) is 5.73 Å². The Hall–Kier alpha value is -0.930. The largest absolute Gasteiger partial charge is 0.377 e. The minimum Gasteiger partial charge on any atom is -0.377 e. The Labute approximate surface area is 116 Å². The molecule has 0 fully saturated rings. The molecule has 19 heavy (non-hydrogen) atoms. The quantitative estimate of drug-likeness (QED) is 0.646. The molecule has 3 heteroatoms. The average Bonchev–Trinajstić information content (AvgIpc) is 2.42. The molecule has 2 nitrogen and oxygen atoms in total. The van der Waals surface area contributed by atoms with Crippen molar-refractivity contribution >= 4 is 0 Å². The molecule has 0 unspecified atom stereocenters. The van der Waals surface area contributed by atoms with Gasteiger partial charge in [0.05, 0.1) is 6.61 Å². The van der Waals surface area contributed by atoms with Gasteiger partial charge in [-0.15, -0.1) is 0 Å². The fourth-order valence-corrected chi connectivity index (χ4v) is 2.09. The van der Waals surface area contributed by atoms with E-state index in [-0.39, 0.29) is 5.82 Å². The Kier molecular flexibility index (Phi) is 8.43. The van der Waals surface area contributed by atoms with E-state index in [1.54, 1.807) is 6.07 Å². The maximum absolute atomic E-state index is 13.1. The molecule has 0 bridgehead atoms. The minimum absolute atomic E-state index is 0.227. The second kappa shape index (κ2) is 9.93. The first-order chi connectivity index (χ1) is 9.27. The lowest BCUT2D eigenvalue weighted by molar-refractivity contribution is 0.116. The number of nitrogens with two attached hydrogens (primary N) is 1. The molecule has 0 saturated heterocycles. The summed E-state index contributed by atoms with van der Waals surface area (Å²) in [6, 6.07) is 4.70. The molecule has 0 saturated carbocycles. The molecule has 0 spiro atoms. The van der Waals surface area contributed by atoms with Crippen LogP contribution in [0.2, 0.25) is 0 Å². The maximum atomic E-state index is 13.1. The molecule has 1 aromatic rings. The summed E-state index contributed by atoms with van der Waals surface area (Å²) in [5.41, 5.74) is 7.45. The zero-order valence-corrected chi connectivity index (χ0v) is 12.0. The SMILES string of the molecule is CCCCCCCCOCc1cc(F)ccc1CN. The fourth-order valence-electron chi connectivity index (χ4n) is 2.09. The van der Waals surface area contributed by atoms with Gasteiger partial charge in [0.1, 0.15) is 5.82 Å². The van der Waals surface area contributed by atoms with Gasteiger partial charge in [0, 0.05) is 13.2 Å². The minimum atomic E-state index is -0.227. The normalized spacial score (nSPS) is 10.9. The summed E-state index contributed by atoms with van der Waals surface area (Å²) in [7, 11) is 0. The Morgan fingerprint density at radius 1 is 1.05 bits per heavy atom. The number of unbranched alkanes of at least 4 members (excludes halogenated alkanes) is 5. The molecular weight excluding hydrogens is 241 g/mol. The molecule has 0 aliphatic heterocycles. The van der Waals surface area contributed by atoms with Crippen molar-refractivity contribution in [2.75, 3.05) is 6.61 Å². The highest BCUT2D eigenvalue weighted by Gasteiger charge is 2.03. The first-order valence-electron chi connectivity index (χ1n) is 7.33. The number of rotatable bonds is 10. The summed E-state index contributed by atoms with van der Waals surface area (Å²) in [6.07, 6.45) is 7.49. The van der Waals surface area contributed by atoms with Gasteiger partial charge in [-0.1, -0.05) is 45.1 Å². The van der Waals surface area contributed by atoms with E-state index in [0.29, 0.717) is 13.2 Å². The smallest absolute Gasteiger partial charge is 0.123 e. The third kappa shape index (κ3) is 6.69. The second-order valence-corrected chi connectivity index (χ2v) is 4.94. The highest BCUT2D eigenvalue weighted by atomic mass is 19.1. The van der Waals surface area contributed by atoms with Crippen molar-refractivity contribution in [2.45, 2.75) is 58.6 Å². The van der Waals surface area contributed by atoms with E-state index in [9.17, 15) is 4.39 Å². The predicted molar refractivity (Wildman–Crippen MR) is 77.3 cm³/mol. The van der Waals surface area contributed by atoms with E-state index in [0.717, 1.165) is 24.2 Å². The van der Waals surface area contributed by atoms with Crippen LogP contribution in [0.1, 0.15) is 56.6 Å². The van der Waals surface area contributed by atoms with Gasteiger partial charge in [-0.05, 0) is 29.7 Å². The Morgan fingerprint density at radius 2 is 1.79 bits per heavy atom. The van der Waals surface area contributed by atoms with Crippen molar-refractivity contribution in [1.29, 1.82) is 0 Å². The van der Waals surface area contributed by atoms with Gasteiger partial charge in [-0.25, -0.2) is 4.39 Å². The molecule has 108 valence electrons. The van der Waals surface area contributed by atoms with Gasteiger partial charge in [0.2, 0.25) is 0 Å². The molecule has 0 aliphatic rings. The lowest BCUT2D eigenvalue weighted by Gasteiger charge is -2.09. The monoisotopic (exact) mass is 267 g/mol. The van der Waals surface area contributed by atoms with E-state index in [1.165, 1.54) is 44.2 Å². The molecule has 0 aromatic heterocycles. The molecule has 0 radical (unpaired) electrons. The molecule has 0 atom stereocenters. The van der Waals surface area contributed by atoms with Crippen LogP contribution in [0.5, 0.6) is 0 Å². The van der Waals surface area contributed by atoms with Crippen LogP contribution >= 0.6 is 0 Å². The number of hydrogen-bond donors (Lipinski definition) is 1. The topological polar surface area (TPSA) is 35.2 Å². The number of halogens is 1. The van der Waals surface area contributed by atoms with Gasteiger partial charge >= 0.3 is 0 Å². The van der Waals surface area contributed by atoms with E-state index in [4.69, 9.17) is 10.5 Å². The van der Waals surface area contributed by atoms with Crippen LogP contribution in [0.4, 0.5) is 4.39 Å². The lowest BCUT2D eigenvalue weighted by atomic mass is 10.1. The van der Waals surface area contributed by atoms with Crippen molar-refractivity contribution in [3.63, 3.8) is 0 Å². The first-order valence-corrected chi connectivity index (χ1v) is 7.33. The van der Waals surface area contributed by atoms with Gasteiger partial charge in [0.25, 0.3) is 0 Å². The Bertz CT molecular complexity index is 355. The van der Waals surface area contributed by atoms with Gasteiger partial charge in [-0.3, -0.25) is 0 Å². The lowest BCUT2D eigenvalue weighted by Crippen LogP contribution is -2.04. The number of benzene rings is 1. The maximum Gasteiger partial charge on any atom is 0.123 e. The molecule has 0 amide bonds. The van der Waals surface area contributed by atoms with Crippen LogP contribution in [0.15, 0.2) is 18.2 Å². The third-order valence-electron chi connectivity index (χ3n) is 3.29. The summed E-state index contributed by atoms with van der Waals surface area (Å²) >= 11 is 0. The van der Waals surface area contributed by atoms with Crippen LogP contribution in [0, 0.1) is 5.82 Å². The second-order valence-electron chi connectivity index (χ2n) is 4.94. The molecule has 0 aliphatic carbocycles. The van der Waals surface area contributed by atoms with Gasteiger partial charge in [-0.2, -0.15) is 0 Å². The van der Waals surface area contributed by atoms with Crippen LogP contribution in [0.25, 0.3) is 0 Å². The zero-order chi connectivity index (χ0) is 13.9. The molecule has 0 heterocycles. The highest BCUT2D eigenvalue weighted by molar-refractivity contribution is 5.27. The molecule has 1 aromatic carbocycles. The summed E-state index contributed by atoms with van der Waals surface area (Å²) in [6.45, 7) is 3.85. The average molecular weight is 267 g/mol. The van der Waals surface area contributed by atoms with Crippen LogP contribution in [0.3, 0.4) is 0 Å². The molecular formula is C16H26FNO. The van der Waals surface area contributed by atoms with E-state index in [2.05, 4.69) is 6.92 Å². The zero-order valence-electron chi connectivity index (χ0n) is 12.0. The van der Waals surface area contributed by atoms with Gasteiger partial charge < -0.3 is 10.5 Å².